The summed E-state index contributed by atoms with van der Waals surface area (Å²) in [5.74, 6) is 0.756. The summed E-state index contributed by atoms with van der Waals surface area (Å²) < 4.78 is 30.7. The van der Waals surface area contributed by atoms with Crippen LogP contribution in [0.25, 0.3) is 0 Å². The Bertz CT molecular complexity index is 1020. The number of nitrogens with one attached hydrogen (secondary N) is 2. The zero-order valence-corrected chi connectivity index (χ0v) is 20.3. The van der Waals surface area contributed by atoms with Gasteiger partial charge in [-0.25, -0.2) is 8.42 Å². The number of anilines is 2. The first-order chi connectivity index (χ1) is 15.0. The number of aliphatic hydroxyl groups excluding tert-OH is 1. The van der Waals surface area contributed by atoms with E-state index in [1.54, 1.807) is 38.3 Å². The van der Waals surface area contributed by atoms with Crippen molar-refractivity contribution in [1.29, 1.82) is 0 Å². The molecule has 0 amide bonds. The Morgan fingerprint density at radius 2 is 1.75 bits per heavy atom. The Morgan fingerprint density at radius 1 is 1.12 bits per heavy atom. The van der Waals surface area contributed by atoms with Crippen molar-refractivity contribution in [3.8, 4) is 5.75 Å². The van der Waals surface area contributed by atoms with E-state index in [1.807, 2.05) is 13.8 Å². The van der Waals surface area contributed by atoms with Crippen LogP contribution >= 0.6 is 11.8 Å². The number of sulfonamides is 1. The fourth-order valence-electron chi connectivity index (χ4n) is 2.82. The van der Waals surface area contributed by atoms with Gasteiger partial charge in [-0.15, -0.1) is 0 Å². The number of thioether (sulfide) groups is 1. The molecule has 32 heavy (non-hydrogen) atoms. The molecule has 0 saturated heterocycles. The van der Waals surface area contributed by atoms with Crippen LogP contribution in [0, 0.1) is 5.92 Å². The highest BCUT2D eigenvalue weighted by molar-refractivity contribution is 8.00. The smallest absolute Gasteiger partial charge is 0.242 e. The van der Waals surface area contributed by atoms with Gasteiger partial charge in [0.25, 0.3) is 0 Å². The number of rotatable bonds is 12. The first kappa shape index (κ1) is 25.8. The van der Waals surface area contributed by atoms with Crippen LogP contribution in [0.3, 0.4) is 0 Å². The Morgan fingerprint density at radius 3 is 2.28 bits per heavy atom. The van der Waals surface area contributed by atoms with Crippen LogP contribution in [0.15, 0.2) is 29.4 Å². The normalized spacial score (nSPS) is 13.5. The minimum atomic E-state index is -3.63. The molecule has 0 bridgehead atoms. The van der Waals surface area contributed by atoms with Crippen LogP contribution < -0.4 is 14.8 Å². The third kappa shape index (κ3) is 8.24. The van der Waals surface area contributed by atoms with Gasteiger partial charge in [0.15, 0.2) is 10.9 Å². The van der Waals surface area contributed by atoms with Crippen molar-refractivity contribution in [3.05, 3.63) is 29.8 Å². The number of nitrogens with zero attached hydrogens (tertiary/aromatic N) is 3. The van der Waals surface area contributed by atoms with E-state index in [-0.39, 0.29) is 35.5 Å². The molecule has 176 valence electrons. The van der Waals surface area contributed by atoms with E-state index in [4.69, 9.17) is 4.74 Å². The Kier molecular flexibility index (Phi) is 9.22. The molecule has 2 atom stereocenters. The van der Waals surface area contributed by atoms with Gasteiger partial charge in [-0.1, -0.05) is 25.6 Å². The van der Waals surface area contributed by atoms with Gasteiger partial charge in [0.2, 0.25) is 21.9 Å². The molecule has 1 heterocycles. The number of carbonyl (C=O) groups excluding carboxylic acids is 1. The highest BCUT2D eigenvalue weighted by Gasteiger charge is 2.21. The van der Waals surface area contributed by atoms with E-state index in [0.717, 1.165) is 18.0 Å². The second-order valence-corrected chi connectivity index (χ2v) is 10.7. The van der Waals surface area contributed by atoms with E-state index in [1.165, 1.54) is 0 Å². The second kappa shape index (κ2) is 11.4. The van der Waals surface area contributed by atoms with Crippen LogP contribution in [0.4, 0.5) is 11.9 Å². The molecule has 1 aromatic heterocycles. The summed E-state index contributed by atoms with van der Waals surface area (Å²) in [7, 11) is -2.08. The number of hydrogen-bond acceptors (Lipinski definition) is 10. The molecule has 2 rings (SSSR count). The predicted molar refractivity (Wildman–Crippen MR) is 125 cm³/mol. The summed E-state index contributed by atoms with van der Waals surface area (Å²) in [5, 5.41) is 12.3. The largest absolute Gasteiger partial charge is 0.497 e. The average Bonchev–Trinajstić information content (AvgIpc) is 2.71. The number of methoxy groups -OCH3 is 1. The molecular weight excluding hydrogens is 454 g/mol. The van der Waals surface area contributed by atoms with Crippen molar-refractivity contribution in [1.82, 2.24) is 15.0 Å². The van der Waals surface area contributed by atoms with E-state index in [2.05, 4.69) is 25.0 Å². The average molecular weight is 484 g/mol. The van der Waals surface area contributed by atoms with Gasteiger partial charge in [-0.05, 0) is 43.5 Å². The maximum absolute atomic E-state index is 12.8. The highest BCUT2D eigenvalue weighted by Crippen LogP contribution is 2.25. The monoisotopic (exact) mass is 483 g/mol. The first-order valence-corrected chi connectivity index (χ1v) is 12.7. The lowest BCUT2D eigenvalue weighted by Gasteiger charge is -2.19. The molecule has 0 aliphatic carbocycles. The topological polar surface area (TPSA) is 143 Å². The number of ether oxygens (including phenoxy) is 1. The molecule has 3 N–H and O–H groups in total. The molecule has 0 saturated carbocycles. The molecule has 0 radical (unpaired) electrons. The summed E-state index contributed by atoms with van der Waals surface area (Å²) in [6.07, 6.45) is 1.65. The molecular formula is C20H29N5O5S2. The SMILES string of the molecule is COc1ccc(C(=O)C(C)Sc2nc(N[C@@H](CO)CC(C)C)nc(NS(C)(=O)=O)n2)cc1. The standard InChI is InChI=1S/C20H29N5O5S2/c1-12(2)10-15(11-26)21-18-22-19(25-32(5,28)29)24-20(23-18)31-13(3)17(27)14-6-8-16(30-4)9-7-14/h6-9,12-13,15,26H,10-11H2,1-5H3,(H2,21,22,23,24,25)/t13?,15-/m1/s1. The molecule has 10 nitrogen and oxygen atoms in total. The van der Waals surface area contributed by atoms with E-state index < -0.39 is 15.3 Å². The number of aliphatic hydroxyl groups is 1. The van der Waals surface area contributed by atoms with Gasteiger partial charge >= 0.3 is 0 Å². The zero-order chi connectivity index (χ0) is 23.9. The lowest BCUT2D eigenvalue weighted by atomic mass is 10.0. The zero-order valence-electron chi connectivity index (χ0n) is 18.7. The van der Waals surface area contributed by atoms with Gasteiger partial charge in [0.1, 0.15) is 5.75 Å². The highest BCUT2D eigenvalue weighted by atomic mass is 32.2. The number of carbonyl (C=O) groups is 1. The maximum atomic E-state index is 12.8. The molecule has 0 aliphatic heterocycles. The minimum absolute atomic E-state index is 0.109. The quantitative estimate of drug-likeness (QED) is 0.304. The van der Waals surface area contributed by atoms with E-state index in [0.29, 0.717) is 23.7 Å². The van der Waals surface area contributed by atoms with E-state index >= 15 is 0 Å². The summed E-state index contributed by atoms with van der Waals surface area (Å²) in [5.41, 5.74) is 0.505. The molecule has 1 aromatic carbocycles. The fraction of sp³-hybridized carbons (Fsp3) is 0.500. The first-order valence-electron chi connectivity index (χ1n) is 9.97. The van der Waals surface area contributed by atoms with Gasteiger partial charge in [-0.3, -0.25) is 9.52 Å². The number of aromatic nitrogens is 3. The van der Waals surface area contributed by atoms with Crippen molar-refractivity contribution in [3.63, 3.8) is 0 Å². The van der Waals surface area contributed by atoms with Gasteiger partial charge in [0.05, 0.1) is 31.3 Å². The third-order valence-electron chi connectivity index (χ3n) is 4.23. The molecule has 1 unspecified atom stereocenters. The second-order valence-electron chi connectivity index (χ2n) is 7.65. The van der Waals surface area contributed by atoms with Gasteiger partial charge in [-0.2, -0.15) is 15.0 Å². The number of hydrogen-bond donors (Lipinski definition) is 3. The molecule has 12 heteroatoms. The number of benzene rings is 1. The number of Topliss-reactive ketones (excluding diaryl/α,β-unsaturated/α-hetero) is 1. The lowest BCUT2D eigenvalue weighted by Crippen LogP contribution is -2.27. The molecule has 0 fully saturated rings. The van der Waals surface area contributed by atoms with Gasteiger partial charge in [0, 0.05) is 5.56 Å². The van der Waals surface area contributed by atoms with Crippen LogP contribution in [0.5, 0.6) is 5.75 Å². The Hall–Kier alpha value is -2.44. The Balaban J connectivity index is 2.27. The fourth-order valence-corrected chi connectivity index (χ4v) is 4.08. The summed E-state index contributed by atoms with van der Waals surface area (Å²) in [4.78, 5) is 25.3. The van der Waals surface area contributed by atoms with Crippen molar-refractivity contribution in [2.24, 2.45) is 5.92 Å². The van der Waals surface area contributed by atoms with Crippen LogP contribution in [-0.2, 0) is 10.0 Å². The molecule has 2 aromatic rings. The summed E-state index contributed by atoms with van der Waals surface area (Å²) in [6.45, 7) is 5.60. The third-order valence-corrected chi connectivity index (χ3v) is 5.74. The van der Waals surface area contributed by atoms with Crippen LogP contribution in [0.2, 0.25) is 0 Å². The van der Waals surface area contributed by atoms with Crippen molar-refractivity contribution >= 4 is 39.5 Å². The maximum Gasteiger partial charge on any atom is 0.242 e. The predicted octanol–water partition coefficient (Wildman–Crippen LogP) is 2.43. The Labute approximate surface area is 192 Å². The van der Waals surface area contributed by atoms with Gasteiger partial charge < -0.3 is 15.2 Å². The summed E-state index contributed by atoms with van der Waals surface area (Å²) >= 11 is 1.08. The van der Waals surface area contributed by atoms with Crippen molar-refractivity contribution in [2.75, 3.05) is 30.0 Å². The van der Waals surface area contributed by atoms with Crippen molar-refractivity contribution in [2.45, 2.75) is 43.6 Å². The molecule has 0 spiro atoms. The lowest BCUT2D eigenvalue weighted by molar-refractivity contribution is 0.0994. The minimum Gasteiger partial charge on any atom is -0.497 e. The summed E-state index contributed by atoms with van der Waals surface area (Å²) in [6, 6.07) is 6.43. The van der Waals surface area contributed by atoms with E-state index in [9.17, 15) is 18.3 Å². The number of ketones is 1. The van der Waals surface area contributed by atoms with Crippen LogP contribution in [0.1, 0.15) is 37.6 Å². The van der Waals surface area contributed by atoms with Crippen molar-refractivity contribution < 1.29 is 23.1 Å². The van der Waals surface area contributed by atoms with Crippen LogP contribution in [-0.4, -0.2) is 65.5 Å². The molecule has 0 aliphatic rings.